The molecule has 2 aromatic heterocycles. The molecule has 0 bridgehead atoms. The summed E-state index contributed by atoms with van der Waals surface area (Å²) in [4.78, 5) is 14.3. The van der Waals surface area contributed by atoms with Crippen molar-refractivity contribution in [2.24, 2.45) is 0 Å². The van der Waals surface area contributed by atoms with Crippen LogP contribution in [-0.4, -0.2) is 5.91 Å². The average molecular weight is 304 g/mol. The fourth-order valence-electron chi connectivity index (χ4n) is 1.92. The van der Waals surface area contributed by atoms with E-state index < -0.39 is 0 Å². The fraction of sp³-hybridized carbons (Fsp3) is 0.333. The maximum absolute atomic E-state index is 11.9. The van der Waals surface area contributed by atoms with Crippen molar-refractivity contribution in [2.75, 3.05) is 5.32 Å². The Hall–Kier alpha value is -1.64. The third kappa shape index (κ3) is 3.47. The summed E-state index contributed by atoms with van der Waals surface area (Å²) < 4.78 is 0. The van der Waals surface area contributed by atoms with Crippen molar-refractivity contribution in [2.45, 2.75) is 33.1 Å². The van der Waals surface area contributed by atoms with Gasteiger partial charge in [0.15, 0.2) is 0 Å². The third-order valence-electron chi connectivity index (χ3n) is 3.16. The zero-order chi connectivity index (χ0) is 14.5. The number of hydrogen-bond acceptors (Lipinski definition) is 4. The van der Waals surface area contributed by atoms with Crippen LogP contribution in [0.4, 0.5) is 5.00 Å². The Morgan fingerprint density at radius 1 is 1.45 bits per heavy atom. The predicted octanol–water partition coefficient (Wildman–Crippen LogP) is 4.26. The first kappa shape index (κ1) is 14.8. The van der Waals surface area contributed by atoms with E-state index in [0.29, 0.717) is 17.0 Å². The monoisotopic (exact) mass is 304 g/mol. The van der Waals surface area contributed by atoms with Crippen LogP contribution in [0.5, 0.6) is 0 Å². The maximum atomic E-state index is 11.9. The summed E-state index contributed by atoms with van der Waals surface area (Å²) >= 11 is 3.19. The molecule has 0 fully saturated rings. The van der Waals surface area contributed by atoms with Gasteiger partial charge in [0.05, 0.1) is 5.56 Å². The first-order chi connectivity index (χ1) is 9.61. The van der Waals surface area contributed by atoms with Crippen molar-refractivity contribution in [3.63, 3.8) is 0 Å². The minimum atomic E-state index is -0.0145. The van der Waals surface area contributed by atoms with Gasteiger partial charge in [-0.05, 0) is 43.7 Å². The van der Waals surface area contributed by atoms with E-state index in [1.807, 2.05) is 25.3 Å². The molecule has 0 unspecified atom stereocenters. The molecule has 0 aliphatic carbocycles. The normalized spacial score (nSPS) is 10.2. The molecule has 0 aromatic carbocycles. The lowest BCUT2D eigenvalue weighted by molar-refractivity contribution is -0.116. The van der Waals surface area contributed by atoms with E-state index in [0.717, 1.165) is 23.3 Å². The second-order valence-corrected chi connectivity index (χ2v) is 6.84. The second kappa shape index (κ2) is 6.69. The SMILES string of the molecule is Cc1sc(NC(=O)CCCc2cccs2)c(C#N)c1C. The lowest BCUT2D eigenvalue weighted by Crippen LogP contribution is -2.11. The van der Waals surface area contributed by atoms with Gasteiger partial charge in [-0.15, -0.1) is 22.7 Å². The van der Waals surface area contributed by atoms with Crippen LogP contribution >= 0.6 is 22.7 Å². The number of carbonyl (C=O) groups excluding carboxylic acids is 1. The highest BCUT2D eigenvalue weighted by molar-refractivity contribution is 7.16. The quantitative estimate of drug-likeness (QED) is 0.897. The Labute approximate surface area is 126 Å². The summed E-state index contributed by atoms with van der Waals surface area (Å²) in [5.74, 6) is -0.0145. The Balaban J connectivity index is 1.89. The van der Waals surface area contributed by atoms with E-state index in [2.05, 4.69) is 17.5 Å². The van der Waals surface area contributed by atoms with Crippen molar-refractivity contribution in [3.05, 3.63) is 38.4 Å². The van der Waals surface area contributed by atoms with Crippen molar-refractivity contribution in [1.29, 1.82) is 5.26 Å². The number of carbonyl (C=O) groups is 1. The molecule has 104 valence electrons. The highest BCUT2D eigenvalue weighted by Crippen LogP contribution is 2.31. The molecule has 5 heteroatoms. The minimum absolute atomic E-state index is 0.0145. The Morgan fingerprint density at radius 2 is 2.25 bits per heavy atom. The first-order valence-corrected chi connectivity index (χ1v) is 8.13. The predicted molar refractivity (Wildman–Crippen MR) is 84.4 cm³/mol. The molecular weight excluding hydrogens is 288 g/mol. The highest BCUT2D eigenvalue weighted by atomic mass is 32.1. The zero-order valence-electron chi connectivity index (χ0n) is 11.5. The van der Waals surface area contributed by atoms with E-state index in [1.54, 1.807) is 11.3 Å². The molecule has 2 heterocycles. The summed E-state index contributed by atoms with van der Waals surface area (Å²) in [6.07, 6.45) is 2.25. The Morgan fingerprint density at radius 3 is 2.90 bits per heavy atom. The molecule has 20 heavy (non-hydrogen) atoms. The molecule has 1 amide bonds. The molecule has 0 aliphatic heterocycles. The zero-order valence-corrected chi connectivity index (χ0v) is 13.2. The number of nitriles is 1. The molecule has 2 aromatic rings. The van der Waals surface area contributed by atoms with E-state index in [-0.39, 0.29) is 5.91 Å². The fourth-order valence-corrected chi connectivity index (χ4v) is 3.70. The van der Waals surface area contributed by atoms with Gasteiger partial charge in [-0.25, -0.2) is 0 Å². The van der Waals surface area contributed by atoms with Crippen LogP contribution in [0.2, 0.25) is 0 Å². The molecule has 0 radical (unpaired) electrons. The smallest absolute Gasteiger partial charge is 0.225 e. The van der Waals surface area contributed by atoms with Crippen molar-refractivity contribution in [3.8, 4) is 6.07 Å². The van der Waals surface area contributed by atoms with Crippen LogP contribution in [0.1, 0.15) is 33.7 Å². The van der Waals surface area contributed by atoms with Crippen LogP contribution < -0.4 is 5.32 Å². The molecule has 2 rings (SSSR count). The van der Waals surface area contributed by atoms with Gasteiger partial charge in [0.1, 0.15) is 11.1 Å². The van der Waals surface area contributed by atoms with Crippen LogP contribution in [0, 0.1) is 25.2 Å². The molecular formula is C15H16N2OS2. The van der Waals surface area contributed by atoms with Crippen LogP contribution in [0.15, 0.2) is 17.5 Å². The Bertz CT molecular complexity index is 636. The van der Waals surface area contributed by atoms with Crippen molar-refractivity contribution in [1.82, 2.24) is 0 Å². The number of amides is 1. The first-order valence-electron chi connectivity index (χ1n) is 6.44. The van der Waals surface area contributed by atoms with Gasteiger partial charge in [0.25, 0.3) is 0 Å². The van der Waals surface area contributed by atoms with E-state index >= 15 is 0 Å². The largest absolute Gasteiger partial charge is 0.317 e. The van der Waals surface area contributed by atoms with Crippen molar-refractivity contribution >= 4 is 33.6 Å². The van der Waals surface area contributed by atoms with Gasteiger partial charge in [-0.1, -0.05) is 6.07 Å². The number of thiophene rings is 2. The molecule has 0 atom stereocenters. The number of nitrogens with zero attached hydrogens (tertiary/aromatic N) is 1. The van der Waals surface area contributed by atoms with Gasteiger partial charge in [0.2, 0.25) is 5.91 Å². The topological polar surface area (TPSA) is 52.9 Å². The molecule has 0 spiro atoms. The van der Waals surface area contributed by atoms with Crippen LogP contribution in [0.3, 0.4) is 0 Å². The molecule has 0 saturated heterocycles. The van der Waals surface area contributed by atoms with E-state index in [9.17, 15) is 4.79 Å². The highest BCUT2D eigenvalue weighted by Gasteiger charge is 2.14. The van der Waals surface area contributed by atoms with Gasteiger partial charge in [-0.2, -0.15) is 5.26 Å². The Kier molecular flexibility index (Phi) is 4.94. The number of rotatable bonds is 5. The lowest BCUT2D eigenvalue weighted by atomic mass is 10.2. The van der Waals surface area contributed by atoms with E-state index in [1.165, 1.54) is 16.2 Å². The number of anilines is 1. The lowest BCUT2D eigenvalue weighted by Gasteiger charge is -2.03. The molecule has 1 N–H and O–H groups in total. The minimum Gasteiger partial charge on any atom is -0.317 e. The third-order valence-corrected chi connectivity index (χ3v) is 5.22. The van der Waals surface area contributed by atoms with E-state index in [4.69, 9.17) is 5.26 Å². The maximum Gasteiger partial charge on any atom is 0.225 e. The summed E-state index contributed by atoms with van der Waals surface area (Å²) in [5.41, 5.74) is 1.56. The second-order valence-electron chi connectivity index (χ2n) is 4.58. The van der Waals surface area contributed by atoms with Gasteiger partial charge in [0, 0.05) is 16.2 Å². The number of aryl methyl sites for hydroxylation is 2. The van der Waals surface area contributed by atoms with Gasteiger partial charge in [-0.3, -0.25) is 4.79 Å². The van der Waals surface area contributed by atoms with Crippen LogP contribution in [0.25, 0.3) is 0 Å². The summed E-state index contributed by atoms with van der Waals surface area (Å²) in [7, 11) is 0. The molecule has 0 saturated carbocycles. The van der Waals surface area contributed by atoms with Gasteiger partial charge < -0.3 is 5.32 Å². The molecule has 3 nitrogen and oxygen atoms in total. The molecule has 0 aliphatic rings. The average Bonchev–Trinajstić information content (AvgIpc) is 3.00. The summed E-state index contributed by atoms with van der Waals surface area (Å²) in [6, 6.07) is 6.28. The number of nitrogens with one attached hydrogen (secondary N) is 1. The van der Waals surface area contributed by atoms with Crippen LogP contribution in [-0.2, 0) is 11.2 Å². The van der Waals surface area contributed by atoms with Crippen molar-refractivity contribution < 1.29 is 4.79 Å². The van der Waals surface area contributed by atoms with Gasteiger partial charge >= 0.3 is 0 Å². The summed E-state index contributed by atoms with van der Waals surface area (Å²) in [5, 5.41) is 14.7. The number of hydrogen-bond donors (Lipinski definition) is 1. The summed E-state index contributed by atoms with van der Waals surface area (Å²) in [6.45, 7) is 3.88. The standard InChI is InChI=1S/C15H16N2OS2/c1-10-11(2)20-15(13(10)9-16)17-14(18)7-3-5-12-6-4-8-19-12/h4,6,8H,3,5,7H2,1-2H3,(H,17,18).